The molecule has 1 heterocycles. The normalized spacial score (nSPS) is 12.4. The first kappa shape index (κ1) is 15.3. The summed E-state index contributed by atoms with van der Waals surface area (Å²) in [5.41, 5.74) is 2.68. The molecule has 4 heteroatoms. The van der Waals surface area contributed by atoms with E-state index in [1.165, 1.54) is 7.11 Å². The summed E-state index contributed by atoms with van der Waals surface area (Å²) in [5, 5.41) is 1.08. The van der Waals surface area contributed by atoms with Crippen LogP contribution in [0.5, 0.6) is 0 Å². The number of ketones is 1. The molecule has 0 aliphatic heterocycles. The summed E-state index contributed by atoms with van der Waals surface area (Å²) >= 11 is 0. The van der Waals surface area contributed by atoms with Crippen molar-refractivity contribution in [2.45, 2.75) is 26.7 Å². The van der Waals surface area contributed by atoms with E-state index < -0.39 is 0 Å². The lowest BCUT2D eigenvalue weighted by Gasteiger charge is -2.12. The molecule has 0 radical (unpaired) electrons. The monoisotopic (exact) mass is 287 g/mol. The predicted octanol–water partition coefficient (Wildman–Crippen LogP) is 3.26. The molecule has 0 spiro atoms. The van der Waals surface area contributed by atoms with Gasteiger partial charge in [0.1, 0.15) is 0 Å². The molecular weight excluding hydrogens is 266 g/mol. The summed E-state index contributed by atoms with van der Waals surface area (Å²) in [5.74, 6) is -0.703. The number of benzene rings is 1. The second-order valence-electron chi connectivity index (χ2n) is 5.31. The number of Topliss-reactive ketones (excluding diaryl/α,β-unsaturated/α-hetero) is 1. The molecule has 1 aromatic carbocycles. The smallest absolute Gasteiger partial charge is 0.309 e. The Morgan fingerprint density at radius 2 is 1.95 bits per heavy atom. The van der Waals surface area contributed by atoms with Gasteiger partial charge in [0.05, 0.1) is 18.7 Å². The van der Waals surface area contributed by atoms with Gasteiger partial charge in [-0.05, 0) is 25.0 Å². The quantitative estimate of drug-likeness (QED) is 0.626. The molecule has 0 saturated heterocycles. The van der Waals surface area contributed by atoms with Gasteiger partial charge in [-0.15, -0.1) is 0 Å². The highest BCUT2D eigenvalue weighted by molar-refractivity contribution is 6.03. The van der Waals surface area contributed by atoms with Gasteiger partial charge in [-0.3, -0.25) is 9.59 Å². The molecule has 4 nitrogen and oxygen atoms in total. The largest absolute Gasteiger partial charge is 0.469 e. The van der Waals surface area contributed by atoms with E-state index in [0.29, 0.717) is 12.1 Å². The van der Waals surface area contributed by atoms with Crippen LogP contribution in [0.25, 0.3) is 10.9 Å². The number of methoxy groups -OCH3 is 1. The fourth-order valence-electron chi connectivity index (χ4n) is 2.86. The Balaban J connectivity index is 2.38. The van der Waals surface area contributed by atoms with Crippen LogP contribution in [0.2, 0.25) is 0 Å². The number of hydrogen-bond donors (Lipinski definition) is 0. The van der Waals surface area contributed by atoms with Gasteiger partial charge in [0.25, 0.3) is 0 Å². The zero-order valence-corrected chi connectivity index (χ0v) is 13.0. The lowest BCUT2D eigenvalue weighted by molar-refractivity contribution is -0.145. The standard InChI is InChI=1S/C17H21NO3/c1-5-12(17(20)21-4)10-15(19)16-11(2)13-8-6-7-9-14(13)18(16)3/h6-9,12H,5,10H2,1-4H3. The number of aryl methyl sites for hydroxylation is 2. The van der Waals surface area contributed by atoms with Gasteiger partial charge >= 0.3 is 5.97 Å². The minimum Gasteiger partial charge on any atom is -0.469 e. The van der Waals surface area contributed by atoms with Crippen molar-refractivity contribution in [1.82, 2.24) is 4.57 Å². The Morgan fingerprint density at radius 3 is 2.52 bits per heavy atom. The summed E-state index contributed by atoms with van der Waals surface area (Å²) < 4.78 is 6.68. The van der Waals surface area contributed by atoms with Gasteiger partial charge in [0.2, 0.25) is 0 Å². The fourth-order valence-corrected chi connectivity index (χ4v) is 2.86. The van der Waals surface area contributed by atoms with Crippen LogP contribution in [0.4, 0.5) is 0 Å². The molecule has 2 rings (SSSR count). The van der Waals surface area contributed by atoms with Gasteiger partial charge in [-0.1, -0.05) is 25.1 Å². The summed E-state index contributed by atoms with van der Waals surface area (Å²) in [6, 6.07) is 7.93. The van der Waals surface area contributed by atoms with Crippen LogP contribution in [0.1, 0.15) is 35.8 Å². The topological polar surface area (TPSA) is 48.3 Å². The van der Waals surface area contributed by atoms with E-state index in [4.69, 9.17) is 4.74 Å². The average molecular weight is 287 g/mol. The number of fused-ring (bicyclic) bond motifs is 1. The highest BCUT2D eigenvalue weighted by Gasteiger charge is 2.25. The second-order valence-corrected chi connectivity index (χ2v) is 5.31. The van der Waals surface area contributed by atoms with Crippen molar-refractivity contribution >= 4 is 22.7 Å². The number of hydrogen-bond acceptors (Lipinski definition) is 3. The van der Waals surface area contributed by atoms with Crippen LogP contribution < -0.4 is 0 Å². The third-order valence-electron chi connectivity index (χ3n) is 4.08. The number of aromatic nitrogens is 1. The number of esters is 1. The predicted molar refractivity (Wildman–Crippen MR) is 82.4 cm³/mol. The van der Waals surface area contributed by atoms with Crippen molar-refractivity contribution in [3.63, 3.8) is 0 Å². The first-order chi connectivity index (χ1) is 10.0. The lowest BCUT2D eigenvalue weighted by atomic mass is 9.97. The molecular formula is C17H21NO3. The van der Waals surface area contributed by atoms with E-state index in [-0.39, 0.29) is 24.1 Å². The van der Waals surface area contributed by atoms with Crippen molar-refractivity contribution in [3.8, 4) is 0 Å². The molecule has 0 aliphatic rings. The molecule has 21 heavy (non-hydrogen) atoms. The van der Waals surface area contributed by atoms with Crippen LogP contribution >= 0.6 is 0 Å². The summed E-state index contributed by atoms with van der Waals surface area (Å²) in [6.45, 7) is 3.85. The van der Waals surface area contributed by atoms with E-state index >= 15 is 0 Å². The van der Waals surface area contributed by atoms with Crippen molar-refractivity contribution < 1.29 is 14.3 Å². The van der Waals surface area contributed by atoms with E-state index in [2.05, 4.69) is 0 Å². The van der Waals surface area contributed by atoms with Crippen molar-refractivity contribution in [1.29, 1.82) is 0 Å². The second kappa shape index (κ2) is 6.12. The number of carbonyl (C=O) groups is 2. The first-order valence-corrected chi connectivity index (χ1v) is 7.16. The van der Waals surface area contributed by atoms with E-state index in [0.717, 1.165) is 16.5 Å². The van der Waals surface area contributed by atoms with Crippen LogP contribution in [0.3, 0.4) is 0 Å². The zero-order chi connectivity index (χ0) is 15.6. The molecule has 1 unspecified atom stereocenters. The fraction of sp³-hybridized carbons (Fsp3) is 0.412. The maximum Gasteiger partial charge on any atom is 0.309 e. The van der Waals surface area contributed by atoms with E-state index in [1.807, 2.05) is 49.7 Å². The van der Waals surface area contributed by atoms with Gasteiger partial charge in [0, 0.05) is 24.4 Å². The third kappa shape index (κ3) is 2.71. The van der Waals surface area contributed by atoms with Crippen molar-refractivity contribution in [2.24, 2.45) is 13.0 Å². The molecule has 2 aromatic rings. The molecule has 0 aliphatic carbocycles. The molecule has 0 fully saturated rings. The maximum atomic E-state index is 12.6. The SMILES string of the molecule is CCC(CC(=O)c1c(C)c2ccccc2n1C)C(=O)OC. The van der Waals surface area contributed by atoms with Gasteiger partial charge < -0.3 is 9.30 Å². The van der Waals surface area contributed by atoms with E-state index in [9.17, 15) is 9.59 Å². The summed E-state index contributed by atoms with van der Waals surface area (Å²) in [6.07, 6.45) is 0.787. The maximum absolute atomic E-state index is 12.6. The molecule has 112 valence electrons. The Morgan fingerprint density at radius 1 is 1.29 bits per heavy atom. The Hall–Kier alpha value is -2.10. The van der Waals surface area contributed by atoms with Crippen molar-refractivity contribution in [3.05, 3.63) is 35.5 Å². The number of nitrogens with zero attached hydrogens (tertiary/aromatic N) is 1. The Kier molecular flexibility index (Phi) is 4.46. The summed E-state index contributed by atoms with van der Waals surface area (Å²) in [4.78, 5) is 24.3. The number of carbonyl (C=O) groups excluding carboxylic acids is 2. The number of para-hydroxylation sites is 1. The number of ether oxygens (including phenoxy) is 1. The van der Waals surface area contributed by atoms with Crippen LogP contribution in [-0.4, -0.2) is 23.4 Å². The average Bonchev–Trinajstić information content (AvgIpc) is 2.76. The minimum absolute atomic E-state index is 0.0107. The summed E-state index contributed by atoms with van der Waals surface area (Å²) in [7, 11) is 3.25. The minimum atomic E-state index is -0.375. The molecule has 1 aromatic heterocycles. The van der Waals surface area contributed by atoms with Crippen molar-refractivity contribution in [2.75, 3.05) is 7.11 Å². The molecule has 0 saturated carbocycles. The Labute approximate surface area is 124 Å². The van der Waals surface area contributed by atoms with Gasteiger partial charge in [-0.25, -0.2) is 0 Å². The first-order valence-electron chi connectivity index (χ1n) is 7.16. The van der Waals surface area contributed by atoms with Gasteiger partial charge in [0.15, 0.2) is 5.78 Å². The van der Waals surface area contributed by atoms with Gasteiger partial charge in [-0.2, -0.15) is 0 Å². The zero-order valence-electron chi connectivity index (χ0n) is 13.0. The van der Waals surface area contributed by atoms with Crippen LogP contribution in [-0.2, 0) is 16.6 Å². The van der Waals surface area contributed by atoms with E-state index in [1.54, 1.807) is 0 Å². The molecule has 0 amide bonds. The van der Waals surface area contributed by atoms with Crippen LogP contribution in [0, 0.1) is 12.8 Å². The molecule has 0 N–H and O–H groups in total. The third-order valence-corrected chi connectivity index (χ3v) is 4.08. The Bertz CT molecular complexity index is 646. The lowest BCUT2D eigenvalue weighted by Crippen LogP contribution is -2.20. The molecule has 1 atom stereocenters. The molecule has 0 bridgehead atoms. The highest BCUT2D eigenvalue weighted by atomic mass is 16.5. The highest BCUT2D eigenvalue weighted by Crippen LogP contribution is 2.26. The number of rotatable bonds is 5. The van der Waals surface area contributed by atoms with Crippen LogP contribution in [0.15, 0.2) is 24.3 Å².